The monoisotopic (exact) mass is 467 g/mol. The van der Waals surface area contributed by atoms with Crippen molar-refractivity contribution >= 4 is 79.5 Å². The van der Waals surface area contributed by atoms with Crippen molar-refractivity contribution in [2.75, 3.05) is 24.6 Å². The molecule has 5 rings (SSSR count). The molecular weight excluding hydrogens is 450 g/mol. The predicted octanol–water partition coefficient (Wildman–Crippen LogP) is 3.10. The molecule has 0 bridgehead atoms. The molecule has 1 saturated heterocycles. The van der Waals surface area contributed by atoms with Crippen LogP contribution in [0.25, 0.3) is 27.6 Å². The van der Waals surface area contributed by atoms with Gasteiger partial charge in [0.1, 0.15) is 9.97 Å². The molecule has 1 N–H and O–H groups in total. The number of nitrogens with one attached hydrogen (secondary N) is 1. The molecule has 0 saturated carbocycles. The molecule has 0 atom stereocenters. The van der Waals surface area contributed by atoms with E-state index in [4.69, 9.17) is 22.2 Å². The van der Waals surface area contributed by atoms with Crippen LogP contribution in [-0.2, 0) is 9.59 Å². The summed E-state index contributed by atoms with van der Waals surface area (Å²) in [6.07, 6.45) is 0. The molecule has 31 heavy (non-hydrogen) atoms. The van der Waals surface area contributed by atoms with E-state index >= 15 is 0 Å². The lowest BCUT2D eigenvalue weighted by molar-refractivity contribution is -0.124. The molecular formula is C21H17N5O2S3. The number of nitrogens with zero attached hydrogens (tertiary/aromatic N) is 4. The third-order valence-electron chi connectivity index (χ3n) is 4.94. The normalized spacial score (nSPS) is 14.3. The highest BCUT2D eigenvalue weighted by molar-refractivity contribution is 8.23. The first-order valence-electron chi connectivity index (χ1n) is 9.64. The topological polar surface area (TPSA) is 79.6 Å². The van der Waals surface area contributed by atoms with Crippen molar-refractivity contribution in [1.82, 2.24) is 24.6 Å². The molecule has 0 spiro atoms. The van der Waals surface area contributed by atoms with Crippen LogP contribution in [0.15, 0.2) is 53.7 Å². The second kappa shape index (κ2) is 8.45. The molecule has 0 radical (unpaired) electrons. The molecule has 4 aromatic rings. The average Bonchev–Trinajstić information content (AvgIpc) is 3.33. The van der Waals surface area contributed by atoms with Gasteiger partial charge in [0, 0.05) is 18.5 Å². The Labute approximate surface area is 191 Å². The van der Waals surface area contributed by atoms with E-state index in [1.165, 1.54) is 23.5 Å². The standard InChI is InChI=1S/C21H17N5O2S3/c27-17(22-9-10-25-18(28)12-31-21(25)29)11-30-20-24-14-6-2-1-5-13(14)19-23-15-7-3-4-8-16(15)26(19)20/h1-8H,9-12H2,(H,22,27). The SMILES string of the molecule is O=C(CSc1nc2ccccc2c2nc3ccccc3n12)NCCN1C(=O)CSC1=S. The van der Waals surface area contributed by atoms with Crippen LogP contribution < -0.4 is 5.32 Å². The molecule has 156 valence electrons. The van der Waals surface area contributed by atoms with E-state index in [0.717, 1.165) is 27.6 Å². The van der Waals surface area contributed by atoms with E-state index in [1.54, 1.807) is 4.90 Å². The van der Waals surface area contributed by atoms with Gasteiger partial charge in [0.2, 0.25) is 11.8 Å². The Bertz CT molecular complexity index is 1340. The number of hydrogen-bond donors (Lipinski definition) is 1. The number of thioether (sulfide) groups is 2. The Morgan fingerprint density at radius 1 is 1.13 bits per heavy atom. The number of aromatic nitrogens is 3. The summed E-state index contributed by atoms with van der Waals surface area (Å²) in [5, 5.41) is 4.54. The number of amides is 2. The number of imidazole rings is 1. The summed E-state index contributed by atoms with van der Waals surface area (Å²) < 4.78 is 2.58. The predicted molar refractivity (Wildman–Crippen MR) is 129 cm³/mol. The van der Waals surface area contributed by atoms with Gasteiger partial charge in [-0.25, -0.2) is 9.97 Å². The summed E-state index contributed by atoms with van der Waals surface area (Å²) in [7, 11) is 0. The van der Waals surface area contributed by atoms with Crippen LogP contribution in [0.1, 0.15) is 0 Å². The van der Waals surface area contributed by atoms with Gasteiger partial charge in [-0.1, -0.05) is 60.0 Å². The largest absolute Gasteiger partial charge is 0.354 e. The summed E-state index contributed by atoms with van der Waals surface area (Å²) >= 11 is 7.88. The molecule has 0 aliphatic carbocycles. The van der Waals surface area contributed by atoms with Crippen LogP contribution in [0.5, 0.6) is 0 Å². The quantitative estimate of drug-likeness (QED) is 0.265. The second-order valence-corrected chi connectivity index (χ2v) is 9.46. The summed E-state index contributed by atoms with van der Waals surface area (Å²) in [5.41, 5.74) is 3.51. The second-order valence-electron chi connectivity index (χ2n) is 6.91. The minimum atomic E-state index is -0.122. The summed E-state index contributed by atoms with van der Waals surface area (Å²) in [6.45, 7) is 0.756. The van der Waals surface area contributed by atoms with Crippen molar-refractivity contribution < 1.29 is 9.59 Å². The highest BCUT2D eigenvalue weighted by atomic mass is 32.2. The minimum Gasteiger partial charge on any atom is -0.354 e. The maximum atomic E-state index is 12.4. The fourth-order valence-corrected chi connectivity index (χ4v) is 5.46. The molecule has 7 nitrogen and oxygen atoms in total. The molecule has 0 unspecified atom stereocenters. The highest BCUT2D eigenvalue weighted by Gasteiger charge is 2.26. The maximum Gasteiger partial charge on any atom is 0.238 e. The van der Waals surface area contributed by atoms with Gasteiger partial charge in [0.25, 0.3) is 0 Å². The molecule has 2 aromatic carbocycles. The van der Waals surface area contributed by atoms with Crippen LogP contribution in [0.3, 0.4) is 0 Å². The van der Waals surface area contributed by atoms with Gasteiger partial charge < -0.3 is 5.32 Å². The number of rotatable bonds is 6. The molecule has 1 aliphatic rings. The van der Waals surface area contributed by atoms with Gasteiger partial charge in [0.15, 0.2) is 5.16 Å². The molecule has 2 aromatic heterocycles. The van der Waals surface area contributed by atoms with Gasteiger partial charge in [0.05, 0.1) is 28.1 Å². The van der Waals surface area contributed by atoms with E-state index < -0.39 is 0 Å². The zero-order valence-corrected chi connectivity index (χ0v) is 18.7. The number of thiocarbonyl (C=S) groups is 1. The average molecular weight is 468 g/mol. The smallest absolute Gasteiger partial charge is 0.238 e. The van der Waals surface area contributed by atoms with Crippen molar-refractivity contribution in [2.45, 2.75) is 5.16 Å². The molecule has 1 fully saturated rings. The summed E-state index contributed by atoms with van der Waals surface area (Å²) in [4.78, 5) is 35.3. The Morgan fingerprint density at radius 3 is 2.71 bits per heavy atom. The zero-order chi connectivity index (χ0) is 21.4. The Balaban J connectivity index is 1.35. The van der Waals surface area contributed by atoms with Crippen LogP contribution in [0.4, 0.5) is 0 Å². The fraction of sp³-hybridized carbons (Fsp3) is 0.190. The summed E-state index contributed by atoms with van der Waals surface area (Å²) in [6, 6.07) is 15.8. The van der Waals surface area contributed by atoms with Crippen molar-refractivity contribution in [3.63, 3.8) is 0 Å². The van der Waals surface area contributed by atoms with Crippen molar-refractivity contribution in [1.29, 1.82) is 0 Å². The van der Waals surface area contributed by atoms with Crippen molar-refractivity contribution in [3.8, 4) is 0 Å². The lowest BCUT2D eigenvalue weighted by atomic mass is 10.2. The Kier molecular flexibility index (Phi) is 5.51. The number of carbonyl (C=O) groups is 2. The third-order valence-corrected chi connectivity index (χ3v) is 7.31. The van der Waals surface area contributed by atoms with Crippen LogP contribution in [0, 0.1) is 0 Å². The number of carbonyl (C=O) groups excluding carboxylic acids is 2. The van der Waals surface area contributed by atoms with E-state index in [9.17, 15) is 9.59 Å². The van der Waals surface area contributed by atoms with Gasteiger partial charge in [-0.15, -0.1) is 0 Å². The Hall–Kier alpha value is -2.69. The third kappa shape index (κ3) is 3.86. The van der Waals surface area contributed by atoms with E-state index in [1.807, 2.05) is 52.9 Å². The van der Waals surface area contributed by atoms with Gasteiger partial charge in [-0.05, 0) is 24.3 Å². The van der Waals surface area contributed by atoms with Gasteiger partial charge in [-0.2, -0.15) is 0 Å². The van der Waals surface area contributed by atoms with Crippen LogP contribution in [-0.4, -0.2) is 60.0 Å². The molecule has 10 heteroatoms. The van der Waals surface area contributed by atoms with Gasteiger partial charge in [-0.3, -0.25) is 18.9 Å². The van der Waals surface area contributed by atoms with Crippen molar-refractivity contribution in [2.24, 2.45) is 0 Å². The van der Waals surface area contributed by atoms with E-state index in [2.05, 4.69) is 5.32 Å². The minimum absolute atomic E-state index is 0.00614. The first kappa shape index (κ1) is 20.2. The lowest BCUT2D eigenvalue weighted by Crippen LogP contribution is -2.37. The number of para-hydroxylation sites is 3. The fourth-order valence-electron chi connectivity index (χ4n) is 3.50. The zero-order valence-electron chi connectivity index (χ0n) is 16.3. The number of fused-ring (bicyclic) bond motifs is 5. The van der Waals surface area contributed by atoms with Crippen LogP contribution in [0.2, 0.25) is 0 Å². The van der Waals surface area contributed by atoms with Crippen molar-refractivity contribution in [3.05, 3.63) is 48.5 Å². The lowest BCUT2D eigenvalue weighted by Gasteiger charge is -2.15. The molecule has 1 aliphatic heterocycles. The van der Waals surface area contributed by atoms with E-state index in [0.29, 0.717) is 28.3 Å². The molecule has 3 heterocycles. The molecule has 2 amide bonds. The first-order chi connectivity index (χ1) is 15.1. The Morgan fingerprint density at radius 2 is 1.90 bits per heavy atom. The van der Waals surface area contributed by atoms with E-state index in [-0.39, 0.29) is 17.6 Å². The highest BCUT2D eigenvalue weighted by Crippen LogP contribution is 2.28. The maximum absolute atomic E-state index is 12.4. The number of hydrogen-bond acceptors (Lipinski definition) is 7. The first-order valence-corrected chi connectivity index (χ1v) is 12.0. The summed E-state index contributed by atoms with van der Waals surface area (Å²) in [5.74, 6) is 0.460. The van der Waals surface area contributed by atoms with Crippen LogP contribution >= 0.6 is 35.7 Å². The number of benzene rings is 2. The van der Waals surface area contributed by atoms with Gasteiger partial charge >= 0.3 is 0 Å².